The molecule has 0 saturated heterocycles. The SMILES string of the molecule is CN=C(NCCc1c[nH]c2ccc(F)cc12)NCCC(C)C. The number of guanidine groups is 1. The molecule has 1 aromatic carbocycles. The van der Waals surface area contributed by atoms with Gasteiger partial charge in [0, 0.05) is 37.2 Å². The molecule has 1 heterocycles. The molecule has 0 bridgehead atoms. The highest BCUT2D eigenvalue weighted by atomic mass is 19.1. The zero-order valence-corrected chi connectivity index (χ0v) is 13.5. The summed E-state index contributed by atoms with van der Waals surface area (Å²) < 4.78 is 13.3. The van der Waals surface area contributed by atoms with E-state index in [4.69, 9.17) is 0 Å². The van der Waals surface area contributed by atoms with E-state index in [1.165, 1.54) is 6.07 Å². The van der Waals surface area contributed by atoms with E-state index in [1.54, 1.807) is 19.2 Å². The van der Waals surface area contributed by atoms with Gasteiger partial charge in [0.05, 0.1) is 0 Å². The van der Waals surface area contributed by atoms with Crippen LogP contribution in [-0.4, -0.2) is 31.1 Å². The zero-order chi connectivity index (χ0) is 15.9. The fourth-order valence-electron chi connectivity index (χ4n) is 2.37. The summed E-state index contributed by atoms with van der Waals surface area (Å²) in [6.45, 7) is 6.07. The summed E-state index contributed by atoms with van der Waals surface area (Å²) >= 11 is 0. The van der Waals surface area contributed by atoms with Crippen LogP contribution >= 0.6 is 0 Å². The summed E-state index contributed by atoms with van der Waals surface area (Å²) in [7, 11) is 1.77. The minimum atomic E-state index is -0.201. The number of fused-ring (bicyclic) bond motifs is 1. The van der Waals surface area contributed by atoms with E-state index in [2.05, 4.69) is 34.5 Å². The first-order valence-electron chi connectivity index (χ1n) is 7.80. The molecule has 0 spiro atoms. The molecule has 0 unspecified atom stereocenters. The van der Waals surface area contributed by atoms with Crippen molar-refractivity contribution in [2.45, 2.75) is 26.7 Å². The number of halogens is 1. The van der Waals surface area contributed by atoms with Crippen molar-refractivity contribution < 1.29 is 4.39 Å². The van der Waals surface area contributed by atoms with Crippen LogP contribution in [-0.2, 0) is 6.42 Å². The van der Waals surface area contributed by atoms with E-state index in [0.717, 1.165) is 48.4 Å². The molecule has 2 rings (SSSR count). The van der Waals surface area contributed by atoms with Crippen molar-refractivity contribution in [3.05, 3.63) is 35.8 Å². The van der Waals surface area contributed by atoms with Gasteiger partial charge in [0.25, 0.3) is 0 Å². The number of benzene rings is 1. The monoisotopic (exact) mass is 304 g/mol. The van der Waals surface area contributed by atoms with Crippen molar-refractivity contribution in [2.24, 2.45) is 10.9 Å². The Morgan fingerprint density at radius 1 is 1.27 bits per heavy atom. The highest BCUT2D eigenvalue weighted by molar-refractivity contribution is 5.83. The second-order valence-corrected chi connectivity index (χ2v) is 5.86. The largest absolute Gasteiger partial charge is 0.361 e. The minimum absolute atomic E-state index is 0.201. The van der Waals surface area contributed by atoms with Crippen LogP contribution < -0.4 is 10.6 Å². The summed E-state index contributed by atoms with van der Waals surface area (Å²) in [5.41, 5.74) is 2.08. The Balaban J connectivity index is 1.85. The van der Waals surface area contributed by atoms with Gasteiger partial charge in [-0.2, -0.15) is 0 Å². The van der Waals surface area contributed by atoms with Gasteiger partial charge >= 0.3 is 0 Å². The summed E-state index contributed by atoms with van der Waals surface area (Å²) in [5, 5.41) is 7.54. The summed E-state index contributed by atoms with van der Waals surface area (Å²) in [4.78, 5) is 7.38. The average Bonchev–Trinajstić information content (AvgIpc) is 2.87. The molecule has 0 radical (unpaired) electrons. The minimum Gasteiger partial charge on any atom is -0.361 e. The van der Waals surface area contributed by atoms with Crippen LogP contribution in [0.25, 0.3) is 10.9 Å². The molecule has 4 nitrogen and oxygen atoms in total. The quantitative estimate of drug-likeness (QED) is 0.567. The second kappa shape index (κ2) is 7.82. The van der Waals surface area contributed by atoms with Crippen molar-refractivity contribution in [2.75, 3.05) is 20.1 Å². The van der Waals surface area contributed by atoms with Crippen LogP contribution in [0.2, 0.25) is 0 Å². The molecular weight excluding hydrogens is 279 g/mol. The van der Waals surface area contributed by atoms with Gasteiger partial charge in [-0.1, -0.05) is 13.8 Å². The molecule has 0 fully saturated rings. The lowest BCUT2D eigenvalue weighted by molar-refractivity contribution is 0.573. The number of H-pyrrole nitrogens is 1. The molecular formula is C17H25FN4. The Hall–Kier alpha value is -2.04. The van der Waals surface area contributed by atoms with Crippen LogP contribution in [0.5, 0.6) is 0 Å². The Bertz CT molecular complexity index is 631. The van der Waals surface area contributed by atoms with Gasteiger partial charge in [0.15, 0.2) is 5.96 Å². The van der Waals surface area contributed by atoms with Gasteiger partial charge in [-0.3, -0.25) is 4.99 Å². The molecule has 0 saturated carbocycles. The maximum atomic E-state index is 13.3. The first-order chi connectivity index (χ1) is 10.6. The molecule has 5 heteroatoms. The van der Waals surface area contributed by atoms with E-state index >= 15 is 0 Å². The first-order valence-corrected chi connectivity index (χ1v) is 7.80. The first kappa shape index (κ1) is 16.3. The highest BCUT2D eigenvalue weighted by Crippen LogP contribution is 2.19. The Labute approximate surface area is 131 Å². The third-order valence-electron chi connectivity index (χ3n) is 3.65. The van der Waals surface area contributed by atoms with Crippen molar-refractivity contribution in [3.63, 3.8) is 0 Å². The van der Waals surface area contributed by atoms with Crippen molar-refractivity contribution in [1.82, 2.24) is 15.6 Å². The zero-order valence-electron chi connectivity index (χ0n) is 13.5. The van der Waals surface area contributed by atoms with Gasteiger partial charge in [0.2, 0.25) is 0 Å². The van der Waals surface area contributed by atoms with Crippen LogP contribution in [0.15, 0.2) is 29.4 Å². The summed E-state index contributed by atoms with van der Waals surface area (Å²) in [5.74, 6) is 1.28. The maximum absolute atomic E-state index is 13.3. The molecule has 22 heavy (non-hydrogen) atoms. The predicted octanol–water partition coefficient (Wildman–Crippen LogP) is 3.06. The molecule has 0 atom stereocenters. The number of nitrogens with one attached hydrogen (secondary N) is 3. The fourth-order valence-corrected chi connectivity index (χ4v) is 2.37. The number of hydrogen-bond donors (Lipinski definition) is 3. The van der Waals surface area contributed by atoms with Gasteiger partial charge < -0.3 is 15.6 Å². The highest BCUT2D eigenvalue weighted by Gasteiger charge is 2.05. The van der Waals surface area contributed by atoms with Crippen molar-refractivity contribution >= 4 is 16.9 Å². The molecule has 0 aliphatic carbocycles. The third kappa shape index (κ3) is 4.48. The number of rotatable bonds is 6. The number of aromatic amines is 1. The summed E-state index contributed by atoms with van der Waals surface area (Å²) in [6.07, 6.45) is 3.87. The van der Waals surface area contributed by atoms with Gasteiger partial charge in [-0.05, 0) is 42.5 Å². The van der Waals surface area contributed by atoms with Crippen LogP contribution in [0.4, 0.5) is 4.39 Å². The normalized spacial score (nSPS) is 12.1. The summed E-state index contributed by atoms with van der Waals surface area (Å²) in [6, 6.07) is 4.83. The number of nitrogens with zero attached hydrogens (tertiary/aromatic N) is 1. The van der Waals surface area contributed by atoms with Crippen LogP contribution in [0.1, 0.15) is 25.8 Å². The lowest BCUT2D eigenvalue weighted by Crippen LogP contribution is -2.39. The topological polar surface area (TPSA) is 52.2 Å². The Kier molecular flexibility index (Phi) is 5.81. The molecule has 1 aromatic heterocycles. The van der Waals surface area contributed by atoms with E-state index < -0.39 is 0 Å². The maximum Gasteiger partial charge on any atom is 0.190 e. The molecule has 2 aromatic rings. The van der Waals surface area contributed by atoms with Gasteiger partial charge in [0.1, 0.15) is 5.82 Å². The van der Waals surface area contributed by atoms with Crippen molar-refractivity contribution in [3.8, 4) is 0 Å². The second-order valence-electron chi connectivity index (χ2n) is 5.86. The predicted molar refractivity (Wildman–Crippen MR) is 90.8 cm³/mol. The van der Waals surface area contributed by atoms with Crippen molar-refractivity contribution in [1.29, 1.82) is 0 Å². The van der Waals surface area contributed by atoms with Gasteiger partial charge in [-0.25, -0.2) is 4.39 Å². The smallest absolute Gasteiger partial charge is 0.190 e. The molecule has 0 aliphatic heterocycles. The number of aromatic nitrogens is 1. The van der Waals surface area contributed by atoms with E-state index in [1.807, 2.05) is 6.20 Å². The van der Waals surface area contributed by atoms with Crippen LogP contribution in [0.3, 0.4) is 0 Å². The molecule has 0 aliphatic rings. The lowest BCUT2D eigenvalue weighted by Gasteiger charge is -2.12. The van der Waals surface area contributed by atoms with E-state index in [0.29, 0.717) is 5.92 Å². The van der Waals surface area contributed by atoms with E-state index in [-0.39, 0.29) is 5.82 Å². The van der Waals surface area contributed by atoms with Crippen LogP contribution in [0, 0.1) is 11.7 Å². The number of aliphatic imine (C=N–C) groups is 1. The van der Waals surface area contributed by atoms with E-state index in [9.17, 15) is 4.39 Å². The number of hydrogen-bond acceptors (Lipinski definition) is 1. The fraction of sp³-hybridized carbons (Fsp3) is 0.471. The molecule has 3 N–H and O–H groups in total. The Morgan fingerprint density at radius 2 is 2.05 bits per heavy atom. The Morgan fingerprint density at radius 3 is 2.77 bits per heavy atom. The standard InChI is InChI=1S/C17H25FN4/c1-12(2)6-8-20-17(19-3)21-9-7-13-11-22-16-5-4-14(18)10-15(13)16/h4-5,10-12,22H,6-9H2,1-3H3,(H2,19,20,21). The lowest BCUT2D eigenvalue weighted by atomic mass is 10.1. The third-order valence-corrected chi connectivity index (χ3v) is 3.65. The molecule has 0 amide bonds. The van der Waals surface area contributed by atoms with Gasteiger partial charge in [-0.15, -0.1) is 0 Å². The molecule has 120 valence electrons. The average molecular weight is 304 g/mol.